The molecule has 0 radical (unpaired) electrons. The fraction of sp³-hybridized carbons (Fsp3) is 0.714. The molecule has 1 atom stereocenters. The standard InChI is InChI=1S/C7H14N2O2S/c1-5(8)2-7(12,4-10)3-6(9)11/h8,10,12H,2-4H2,1H3,(H2,9,11). The maximum absolute atomic E-state index is 10.5. The third-order valence-electron chi connectivity index (χ3n) is 1.39. The molecule has 4 N–H and O–H groups in total. The first kappa shape index (κ1) is 11.4. The van der Waals surface area contributed by atoms with Gasteiger partial charge in [-0.05, 0) is 6.92 Å². The predicted molar refractivity (Wildman–Crippen MR) is 50.6 cm³/mol. The molecule has 0 spiro atoms. The van der Waals surface area contributed by atoms with E-state index in [1.165, 1.54) is 0 Å². The van der Waals surface area contributed by atoms with Gasteiger partial charge < -0.3 is 16.2 Å². The summed E-state index contributed by atoms with van der Waals surface area (Å²) in [5, 5.41) is 16.1. The van der Waals surface area contributed by atoms with Gasteiger partial charge in [0.2, 0.25) is 5.91 Å². The highest BCUT2D eigenvalue weighted by atomic mass is 32.1. The molecule has 0 fully saturated rings. The lowest BCUT2D eigenvalue weighted by Gasteiger charge is -2.23. The summed E-state index contributed by atoms with van der Waals surface area (Å²) < 4.78 is -0.863. The molecule has 0 saturated heterocycles. The number of carbonyl (C=O) groups is 1. The van der Waals surface area contributed by atoms with E-state index in [1.54, 1.807) is 6.92 Å². The largest absolute Gasteiger partial charge is 0.395 e. The Morgan fingerprint density at radius 3 is 2.42 bits per heavy atom. The number of primary amides is 1. The Hall–Kier alpha value is -0.550. The van der Waals surface area contributed by atoms with Crippen molar-refractivity contribution >= 4 is 24.2 Å². The summed E-state index contributed by atoms with van der Waals surface area (Å²) >= 11 is 4.11. The molecule has 4 nitrogen and oxygen atoms in total. The zero-order chi connectivity index (χ0) is 9.78. The second kappa shape index (κ2) is 4.47. The summed E-state index contributed by atoms with van der Waals surface area (Å²) in [7, 11) is 0. The Balaban J connectivity index is 4.23. The number of amides is 1. The van der Waals surface area contributed by atoms with Gasteiger partial charge in [-0.2, -0.15) is 12.6 Å². The number of rotatable bonds is 5. The van der Waals surface area contributed by atoms with Gasteiger partial charge in [0, 0.05) is 23.3 Å². The van der Waals surface area contributed by atoms with E-state index in [9.17, 15) is 4.79 Å². The van der Waals surface area contributed by atoms with Crippen molar-refractivity contribution in [1.82, 2.24) is 0 Å². The second-order valence-corrected chi connectivity index (χ2v) is 3.93. The van der Waals surface area contributed by atoms with Gasteiger partial charge in [0.05, 0.1) is 6.61 Å². The van der Waals surface area contributed by atoms with Gasteiger partial charge in [-0.25, -0.2) is 0 Å². The number of carbonyl (C=O) groups excluding carboxylic acids is 1. The summed E-state index contributed by atoms with van der Waals surface area (Å²) in [5.41, 5.74) is 5.34. The molecular formula is C7H14N2O2S. The lowest BCUT2D eigenvalue weighted by molar-refractivity contribution is -0.118. The Kier molecular flexibility index (Phi) is 4.26. The zero-order valence-electron chi connectivity index (χ0n) is 7.00. The van der Waals surface area contributed by atoms with Crippen LogP contribution >= 0.6 is 12.6 Å². The Morgan fingerprint density at radius 1 is 1.67 bits per heavy atom. The van der Waals surface area contributed by atoms with Gasteiger partial charge >= 0.3 is 0 Å². The Bertz CT molecular complexity index is 178. The monoisotopic (exact) mass is 190 g/mol. The van der Waals surface area contributed by atoms with Crippen molar-refractivity contribution in [2.45, 2.75) is 24.5 Å². The van der Waals surface area contributed by atoms with Crippen LogP contribution in [0.3, 0.4) is 0 Å². The van der Waals surface area contributed by atoms with E-state index >= 15 is 0 Å². The number of aliphatic hydroxyl groups excluding tert-OH is 1. The highest BCUT2D eigenvalue weighted by molar-refractivity contribution is 7.81. The van der Waals surface area contributed by atoms with Crippen LogP contribution in [-0.2, 0) is 4.79 Å². The summed E-state index contributed by atoms with van der Waals surface area (Å²) in [6.07, 6.45) is 0.262. The molecular weight excluding hydrogens is 176 g/mol. The van der Waals surface area contributed by atoms with Crippen LogP contribution in [0.1, 0.15) is 19.8 Å². The van der Waals surface area contributed by atoms with Gasteiger partial charge in [0.15, 0.2) is 0 Å². The van der Waals surface area contributed by atoms with Crippen LogP contribution in [0.2, 0.25) is 0 Å². The molecule has 0 aromatic rings. The normalized spacial score (nSPS) is 15.2. The number of hydrogen-bond acceptors (Lipinski definition) is 4. The van der Waals surface area contributed by atoms with Crippen LogP contribution < -0.4 is 5.73 Å². The van der Waals surface area contributed by atoms with E-state index in [2.05, 4.69) is 12.6 Å². The minimum absolute atomic E-state index is 0.0111. The van der Waals surface area contributed by atoms with Crippen molar-refractivity contribution in [2.75, 3.05) is 6.61 Å². The van der Waals surface area contributed by atoms with E-state index in [-0.39, 0.29) is 19.4 Å². The van der Waals surface area contributed by atoms with Crippen molar-refractivity contribution in [1.29, 1.82) is 5.41 Å². The molecule has 1 amide bonds. The molecule has 12 heavy (non-hydrogen) atoms. The first-order valence-electron chi connectivity index (χ1n) is 3.55. The number of nitrogens with two attached hydrogens (primary N) is 1. The van der Waals surface area contributed by atoms with Gasteiger partial charge in [-0.3, -0.25) is 4.79 Å². The molecule has 70 valence electrons. The molecule has 0 aromatic heterocycles. The summed E-state index contributed by atoms with van der Waals surface area (Å²) in [6.45, 7) is 1.34. The molecule has 0 aromatic carbocycles. The summed E-state index contributed by atoms with van der Waals surface area (Å²) in [5.74, 6) is -0.514. The first-order valence-corrected chi connectivity index (χ1v) is 4.00. The smallest absolute Gasteiger partial charge is 0.218 e. The van der Waals surface area contributed by atoms with Gasteiger partial charge in [0.25, 0.3) is 0 Å². The maximum Gasteiger partial charge on any atom is 0.218 e. The van der Waals surface area contributed by atoms with Gasteiger partial charge in [0.1, 0.15) is 0 Å². The van der Waals surface area contributed by atoms with E-state index < -0.39 is 10.7 Å². The highest BCUT2D eigenvalue weighted by Gasteiger charge is 2.27. The van der Waals surface area contributed by atoms with E-state index in [1.807, 2.05) is 0 Å². The van der Waals surface area contributed by atoms with Crippen molar-refractivity contribution in [2.24, 2.45) is 5.73 Å². The molecule has 0 aliphatic carbocycles. The molecule has 0 saturated carbocycles. The van der Waals surface area contributed by atoms with Crippen molar-refractivity contribution < 1.29 is 9.90 Å². The predicted octanol–water partition coefficient (Wildman–Crippen LogP) is -0.0475. The minimum Gasteiger partial charge on any atom is -0.395 e. The van der Waals surface area contributed by atoms with Crippen LogP contribution in [0.5, 0.6) is 0 Å². The average molecular weight is 190 g/mol. The second-order valence-electron chi connectivity index (χ2n) is 2.98. The third-order valence-corrected chi connectivity index (χ3v) is 1.85. The van der Waals surface area contributed by atoms with Crippen LogP contribution in [0.25, 0.3) is 0 Å². The number of thiol groups is 1. The number of hydrogen-bond donors (Lipinski definition) is 4. The third kappa shape index (κ3) is 4.35. The van der Waals surface area contributed by atoms with Crippen molar-refractivity contribution in [3.05, 3.63) is 0 Å². The molecule has 0 aliphatic rings. The van der Waals surface area contributed by atoms with E-state index in [4.69, 9.17) is 16.2 Å². The minimum atomic E-state index is -0.863. The van der Waals surface area contributed by atoms with E-state index in [0.29, 0.717) is 5.71 Å². The maximum atomic E-state index is 10.5. The van der Waals surface area contributed by atoms with Crippen LogP contribution in [0.4, 0.5) is 0 Å². The topological polar surface area (TPSA) is 87.2 Å². The number of nitrogens with one attached hydrogen (secondary N) is 1. The van der Waals surface area contributed by atoms with Gasteiger partial charge in [-0.15, -0.1) is 0 Å². The van der Waals surface area contributed by atoms with E-state index in [0.717, 1.165) is 0 Å². The fourth-order valence-electron chi connectivity index (χ4n) is 0.992. The lowest BCUT2D eigenvalue weighted by Crippen LogP contribution is -2.34. The summed E-state index contributed by atoms with van der Waals surface area (Å²) in [6, 6.07) is 0. The average Bonchev–Trinajstić information content (AvgIpc) is 1.83. The fourth-order valence-corrected chi connectivity index (χ4v) is 1.39. The SMILES string of the molecule is CC(=N)CC(S)(CO)CC(N)=O. The zero-order valence-corrected chi connectivity index (χ0v) is 7.90. The highest BCUT2D eigenvalue weighted by Crippen LogP contribution is 2.23. The Labute approximate surface area is 77.1 Å². The van der Waals surface area contributed by atoms with Crippen molar-refractivity contribution in [3.8, 4) is 0 Å². The van der Waals surface area contributed by atoms with Crippen LogP contribution in [-0.4, -0.2) is 28.1 Å². The lowest BCUT2D eigenvalue weighted by atomic mass is 9.98. The molecule has 1 unspecified atom stereocenters. The molecule has 5 heteroatoms. The Morgan fingerprint density at radius 2 is 2.17 bits per heavy atom. The van der Waals surface area contributed by atoms with Crippen molar-refractivity contribution in [3.63, 3.8) is 0 Å². The first-order chi connectivity index (χ1) is 5.39. The van der Waals surface area contributed by atoms with Crippen LogP contribution in [0, 0.1) is 5.41 Å². The van der Waals surface area contributed by atoms with Gasteiger partial charge in [-0.1, -0.05) is 0 Å². The quantitative estimate of drug-likeness (QED) is 0.362. The summed E-state index contributed by atoms with van der Waals surface area (Å²) in [4.78, 5) is 10.5. The molecule has 0 heterocycles. The molecule has 0 rings (SSSR count). The number of aliphatic hydroxyl groups is 1. The molecule has 0 aliphatic heterocycles. The van der Waals surface area contributed by atoms with Crippen LogP contribution in [0.15, 0.2) is 0 Å². The molecule has 0 bridgehead atoms.